The van der Waals surface area contributed by atoms with Crippen molar-refractivity contribution in [1.82, 2.24) is 4.90 Å². The largest absolute Gasteiger partial charge is 0.351 e. The Morgan fingerprint density at radius 2 is 1.90 bits per heavy atom. The van der Waals surface area contributed by atoms with Crippen LogP contribution in [0.1, 0.15) is 39.7 Å². The number of nitrogens with zero attached hydrogens (tertiary/aromatic N) is 1. The Balaban J connectivity index is 2.41. The summed E-state index contributed by atoms with van der Waals surface area (Å²) in [6.07, 6.45) is 1.86. The first kappa shape index (κ1) is 14.9. The Morgan fingerprint density at radius 3 is 2.45 bits per heavy atom. The number of hydrogen-bond donors (Lipinski definition) is 1. The molecule has 110 valence electrons. The van der Waals surface area contributed by atoms with E-state index < -0.39 is 0 Å². The zero-order chi connectivity index (χ0) is 15.0. The minimum Gasteiger partial charge on any atom is -0.351 e. The molecule has 0 spiro atoms. The van der Waals surface area contributed by atoms with E-state index in [1.165, 1.54) is 5.56 Å². The van der Waals surface area contributed by atoms with Crippen LogP contribution in [0, 0.1) is 11.3 Å². The first-order chi connectivity index (χ1) is 9.29. The van der Waals surface area contributed by atoms with Gasteiger partial charge in [0.15, 0.2) is 0 Å². The molecule has 0 radical (unpaired) electrons. The Labute approximate surface area is 122 Å². The van der Waals surface area contributed by atoms with Gasteiger partial charge in [-0.25, -0.2) is 4.79 Å². The smallest absolute Gasteiger partial charge is 0.315 e. The summed E-state index contributed by atoms with van der Waals surface area (Å²) in [7, 11) is 0. The summed E-state index contributed by atoms with van der Waals surface area (Å²) >= 11 is 0. The molecule has 20 heavy (non-hydrogen) atoms. The maximum atomic E-state index is 11.9. The lowest BCUT2D eigenvalue weighted by Gasteiger charge is -2.57. The number of likely N-dealkylation sites (tertiary alicyclic amines) is 1. The molecule has 1 fully saturated rings. The molecular formula is C17H26N2O. The summed E-state index contributed by atoms with van der Waals surface area (Å²) in [6, 6.07) is 10.1. The minimum atomic E-state index is -0.302. The first-order valence-electron chi connectivity index (χ1n) is 7.40. The molecule has 0 aromatic heterocycles. The van der Waals surface area contributed by atoms with Gasteiger partial charge >= 0.3 is 6.03 Å². The second-order valence-corrected chi connectivity index (χ2v) is 6.84. The molecule has 1 aliphatic heterocycles. The van der Waals surface area contributed by atoms with Crippen LogP contribution in [0.5, 0.6) is 0 Å². The molecular weight excluding hydrogens is 248 g/mol. The molecule has 0 bridgehead atoms. The fraction of sp³-hybridized carbons (Fsp3) is 0.588. The number of primary amides is 1. The molecule has 0 saturated carbocycles. The zero-order valence-corrected chi connectivity index (χ0v) is 13.0. The van der Waals surface area contributed by atoms with Crippen molar-refractivity contribution >= 4 is 6.03 Å². The highest BCUT2D eigenvalue weighted by Crippen LogP contribution is 2.48. The molecule has 2 unspecified atom stereocenters. The molecule has 2 N–H and O–H groups in total. The van der Waals surface area contributed by atoms with Crippen LogP contribution in [0.4, 0.5) is 4.79 Å². The molecule has 2 rings (SSSR count). The maximum Gasteiger partial charge on any atom is 0.315 e. The number of hydrogen-bond acceptors (Lipinski definition) is 1. The van der Waals surface area contributed by atoms with E-state index in [2.05, 4.69) is 39.8 Å². The summed E-state index contributed by atoms with van der Waals surface area (Å²) in [4.78, 5) is 13.8. The number of benzene rings is 1. The molecule has 2 amide bonds. The summed E-state index contributed by atoms with van der Waals surface area (Å²) in [5, 5.41) is 0. The lowest BCUT2D eigenvalue weighted by atomic mass is 9.59. The van der Waals surface area contributed by atoms with E-state index in [4.69, 9.17) is 5.73 Å². The van der Waals surface area contributed by atoms with Crippen LogP contribution in [0.2, 0.25) is 0 Å². The van der Waals surface area contributed by atoms with Gasteiger partial charge in [-0.05, 0) is 36.7 Å². The standard InChI is InChI=1S/C17H26N2O/c1-13-10-11-19(15(18)20)17(4,16(13,2)3)12-14-8-6-5-7-9-14/h5-9,13H,10-12H2,1-4H3,(H2,18,20). The first-order valence-corrected chi connectivity index (χ1v) is 7.40. The van der Waals surface area contributed by atoms with E-state index in [9.17, 15) is 4.79 Å². The molecule has 2 atom stereocenters. The van der Waals surface area contributed by atoms with Crippen LogP contribution in [0.15, 0.2) is 30.3 Å². The highest BCUT2D eigenvalue weighted by Gasteiger charge is 2.52. The fourth-order valence-electron chi connectivity index (χ4n) is 3.48. The third kappa shape index (κ3) is 2.30. The zero-order valence-electron chi connectivity index (χ0n) is 13.0. The van der Waals surface area contributed by atoms with Crippen LogP contribution in [-0.2, 0) is 6.42 Å². The highest BCUT2D eigenvalue weighted by molar-refractivity contribution is 5.73. The van der Waals surface area contributed by atoms with E-state index in [0.717, 1.165) is 19.4 Å². The van der Waals surface area contributed by atoms with Gasteiger partial charge in [0.1, 0.15) is 0 Å². The van der Waals surface area contributed by atoms with Crippen LogP contribution in [0.3, 0.4) is 0 Å². The van der Waals surface area contributed by atoms with Crippen LogP contribution in [-0.4, -0.2) is 23.0 Å². The van der Waals surface area contributed by atoms with Gasteiger partial charge in [-0.3, -0.25) is 0 Å². The number of rotatable bonds is 2. The number of carbonyl (C=O) groups is 1. The second kappa shape index (κ2) is 5.12. The van der Waals surface area contributed by atoms with Gasteiger partial charge in [0.25, 0.3) is 0 Å². The summed E-state index contributed by atoms with van der Waals surface area (Å²) in [6.45, 7) is 9.73. The van der Waals surface area contributed by atoms with Gasteiger partial charge in [-0.2, -0.15) is 0 Å². The molecule has 1 saturated heterocycles. The summed E-state index contributed by atoms with van der Waals surface area (Å²) in [5.41, 5.74) is 6.67. The topological polar surface area (TPSA) is 46.3 Å². The monoisotopic (exact) mass is 274 g/mol. The van der Waals surface area contributed by atoms with Gasteiger partial charge in [0.2, 0.25) is 0 Å². The van der Waals surface area contributed by atoms with Crippen molar-refractivity contribution in [1.29, 1.82) is 0 Å². The molecule has 1 aromatic rings. The van der Waals surface area contributed by atoms with Crippen molar-refractivity contribution in [2.75, 3.05) is 6.54 Å². The molecule has 1 heterocycles. The molecule has 3 heteroatoms. The second-order valence-electron chi connectivity index (χ2n) is 6.84. The summed E-state index contributed by atoms with van der Waals surface area (Å²) < 4.78 is 0. The van der Waals surface area contributed by atoms with Gasteiger partial charge in [0.05, 0.1) is 5.54 Å². The lowest BCUT2D eigenvalue weighted by Crippen LogP contribution is -2.66. The minimum absolute atomic E-state index is 0.0239. The predicted octanol–water partition coefficient (Wildman–Crippen LogP) is 3.43. The number of urea groups is 1. The summed E-state index contributed by atoms with van der Waals surface area (Å²) in [5.74, 6) is 0.562. The number of piperidine rings is 1. The molecule has 0 aliphatic carbocycles. The van der Waals surface area contributed by atoms with Gasteiger partial charge in [0, 0.05) is 6.54 Å². The van der Waals surface area contributed by atoms with E-state index in [1.807, 2.05) is 23.1 Å². The van der Waals surface area contributed by atoms with Crippen LogP contribution < -0.4 is 5.73 Å². The lowest BCUT2D eigenvalue weighted by molar-refractivity contribution is -0.0494. The van der Waals surface area contributed by atoms with Crippen molar-refractivity contribution in [3.63, 3.8) is 0 Å². The van der Waals surface area contributed by atoms with E-state index in [0.29, 0.717) is 5.92 Å². The van der Waals surface area contributed by atoms with Crippen molar-refractivity contribution < 1.29 is 4.79 Å². The van der Waals surface area contributed by atoms with E-state index >= 15 is 0 Å². The molecule has 1 aromatic carbocycles. The Morgan fingerprint density at radius 1 is 1.30 bits per heavy atom. The SMILES string of the molecule is CC1CCN(C(N)=O)C(C)(Cc2ccccc2)C1(C)C. The highest BCUT2D eigenvalue weighted by atomic mass is 16.2. The van der Waals surface area contributed by atoms with Crippen molar-refractivity contribution in [3.8, 4) is 0 Å². The van der Waals surface area contributed by atoms with E-state index in [1.54, 1.807) is 0 Å². The number of amides is 2. The number of carbonyl (C=O) groups excluding carboxylic acids is 1. The van der Waals surface area contributed by atoms with E-state index in [-0.39, 0.29) is 17.0 Å². The third-order valence-corrected chi connectivity index (χ3v) is 5.66. The molecule has 3 nitrogen and oxygen atoms in total. The Kier molecular flexibility index (Phi) is 3.81. The maximum absolute atomic E-state index is 11.9. The van der Waals surface area contributed by atoms with Crippen LogP contribution in [0.25, 0.3) is 0 Å². The normalized spacial score (nSPS) is 29.2. The predicted molar refractivity (Wildman–Crippen MR) is 82.4 cm³/mol. The van der Waals surface area contributed by atoms with Crippen molar-refractivity contribution in [3.05, 3.63) is 35.9 Å². The quantitative estimate of drug-likeness (QED) is 0.882. The average molecular weight is 274 g/mol. The van der Waals surface area contributed by atoms with Crippen LogP contribution >= 0.6 is 0 Å². The fourth-order valence-corrected chi connectivity index (χ4v) is 3.48. The Bertz CT molecular complexity index is 483. The van der Waals surface area contributed by atoms with Crippen molar-refractivity contribution in [2.24, 2.45) is 17.1 Å². The van der Waals surface area contributed by atoms with Gasteiger partial charge < -0.3 is 10.6 Å². The van der Waals surface area contributed by atoms with Gasteiger partial charge in [-0.15, -0.1) is 0 Å². The average Bonchev–Trinajstić information content (AvgIpc) is 2.37. The van der Waals surface area contributed by atoms with Gasteiger partial charge in [-0.1, -0.05) is 51.1 Å². The van der Waals surface area contributed by atoms with Crippen molar-refractivity contribution in [2.45, 2.75) is 46.1 Å². The molecule has 1 aliphatic rings. The third-order valence-electron chi connectivity index (χ3n) is 5.66. The number of nitrogens with two attached hydrogens (primary N) is 1. The Hall–Kier alpha value is -1.51.